The lowest BCUT2D eigenvalue weighted by molar-refractivity contribution is 0.164. The number of anilines is 2. The zero-order valence-electron chi connectivity index (χ0n) is 15.6. The van der Waals surface area contributed by atoms with Gasteiger partial charge in [0.05, 0.1) is 0 Å². The molecule has 3 rings (SSSR count). The van der Waals surface area contributed by atoms with Gasteiger partial charge in [0.2, 0.25) is 0 Å². The van der Waals surface area contributed by atoms with E-state index in [2.05, 4.69) is 34.5 Å². The van der Waals surface area contributed by atoms with E-state index in [9.17, 15) is 9.59 Å². The highest BCUT2D eigenvalue weighted by Gasteiger charge is 2.20. The van der Waals surface area contributed by atoms with E-state index in [0.717, 1.165) is 63.7 Å². The summed E-state index contributed by atoms with van der Waals surface area (Å²) in [5.41, 5.74) is 1.46. The van der Waals surface area contributed by atoms with Gasteiger partial charge in [0.25, 0.3) is 0 Å². The summed E-state index contributed by atoms with van der Waals surface area (Å²) >= 11 is 0. The number of hydrogen-bond acceptors (Lipinski definition) is 4. The predicted molar refractivity (Wildman–Crippen MR) is 103 cm³/mol. The Kier molecular flexibility index (Phi) is 5.95. The molecule has 0 aliphatic carbocycles. The molecular weight excluding hydrogens is 332 g/mol. The van der Waals surface area contributed by atoms with Crippen LogP contribution in [0.1, 0.15) is 0 Å². The van der Waals surface area contributed by atoms with Gasteiger partial charge in [-0.3, -0.25) is 0 Å². The number of hydrogen-bond donors (Lipinski definition) is 2. The Morgan fingerprint density at radius 2 is 0.962 bits per heavy atom. The minimum atomic E-state index is -0.0766. The monoisotopic (exact) mass is 360 g/mol. The smallest absolute Gasteiger partial charge is 0.321 e. The van der Waals surface area contributed by atoms with Crippen LogP contribution in [-0.4, -0.2) is 98.1 Å². The molecule has 142 valence electrons. The van der Waals surface area contributed by atoms with Gasteiger partial charge in [-0.15, -0.1) is 0 Å². The number of nitrogens with zero attached hydrogens (tertiary/aromatic N) is 4. The number of carbonyl (C=O) groups excluding carboxylic acids is 2. The minimum absolute atomic E-state index is 0.0766. The molecule has 0 atom stereocenters. The van der Waals surface area contributed by atoms with Crippen LogP contribution in [0.25, 0.3) is 0 Å². The average Bonchev–Trinajstić information content (AvgIpc) is 2.64. The van der Waals surface area contributed by atoms with Crippen molar-refractivity contribution >= 4 is 23.4 Å². The molecule has 8 nitrogen and oxygen atoms in total. The Morgan fingerprint density at radius 1 is 0.654 bits per heavy atom. The number of benzene rings is 1. The number of carbonyl (C=O) groups is 2. The van der Waals surface area contributed by atoms with Crippen LogP contribution in [-0.2, 0) is 0 Å². The van der Waals surface area contributed by atoms with Gasteiger partial charge < -0.3 is 30.2 Å². The lowest BCUT2D eigenvalue weighted by atomic mass is 10.2. The van der Waals surface area contributed by atoms with Crippen molar-refractivity contribution in [3.05, 3.63) is 24.3 Å². The predicted octanol–water partition coefficient (Wildman–Crippen LogP) is 1.25. The van der Waals surface area contributed by atoms with E-state index >= 15 is 0 Å². The van der Waals surface area contributed by atoms with Crippen molar-refractivity contribution in [3.63, 3.8) is 0 Å². The first-order valence-electron chi connectivity index (χ1n) is 9.10. The molecule has 2 heterocycles. The van der Waals surface area contributed by atoms with Crippen molar-refractivity contribution in [3.8, 4) is 0 Å². The maximum atomic E-state index is 12.3. The van der Waals surface area contributed by atoms with Crippen LogP contribution in [0.5, 0.6) is 0 Å². The number of urea groups is 2. The first-order chi connectivity index (χ1) is 12.5. The van der Waals surface area contributed by atoms with Crippen LogP contribution < -0.4 is 10.6 Å². The maximum absolute atomic E-state index is 12.3. The van der Waals surface area contributed by atoms with Gasteiger partial charge in [-0.25, -0.2) is 9.59 Å². The highest BCUT2D eigenvalue weighted by Crippen LogP contribution is 2.15. The maximum Gasteiger partial charge on any atom is 0.321 e. The molecule has 0 unspecified atom stereocenters. The summed E-state index contributed by atoms with van der Waals surface area (Å²) in [4.78, 5) is 32.6. The van der Waals surface area contributed by atoms with Crippen LogP contribution in [0.15, 0.2) is 24.3 Å². The molecule has 0 spiro atoms. The second-order valence-electron chi connectivity index (χ2n) is 7.02. The SMILES string of the molecule is CN1CCN(C(=O)Nc2ccc(NC(=O)N3CCN(C)CC3)cc2)CC1. The topological polar surface area (TPSA) is 71.2 Å². The first kappa shape index (κ1) is 18.5. The van der Waals surface area contributed by atoms with Gasteiger partial charge in [-0.1, -0.05) is 0 Å². The van der Waals surface area contributed by atoms with Crippen molar-refractivity contribution < 1.29 is 9.59 Å². The number of amides is 4. The summed E-state index contributed by atoms with van der Waals surface area (Å²) in [6.45, 7) is 6.52. The lowest BCUT2D eigenvalue weighted by Crippen LogP contribution is -2.48. The third kappa shape index (κ3) is 4.86. The Balaban J connectivity index is 1.48. The molecule has 0 saturated carbocycles. The first-order valence-corrected chi connectivity index (χ1v) is 9.10. The van der Waals surface area contributed by atoms with Crippen molar-refractivity contribution in [2.45, 2.75) is 0 Å². The van der Waals surface area contributed by atoms with E-state index in [-0.39, 0.29) is 12.1 Å². The van der Waals surface area contributed by atoms with E-state index in [4.69, 9.17) is 0 Å². The third-order valence-corrected chi connectivity index (χ3v) is 4.97. The van der Waals surface area contributed by atoms with E-state index < -0.39 is 0 Å². The second kappa shape index (κ2) is 8.37. The molecule has 26 heavy (non-hydrogen) atoms. The number of rotatable bonds is 2. The fourth-order valence-corrected chi connectivity index (χ4v) is 3.06. The molecule has 1 aromatic rings. The molecule has 2 saturated heterocycles. The van der Waals surface area contributed by atoms with Crippen molar-refractivity contribution in [1.29, 1.82) is 0 Å². The van der Waals surface area contributed by atoms with Gasteiger partial charge in [0.15, 0.2) is 0 Å². The number of likely N-dealkylation sites (N-methyl/N-ethyl adjacent to an activating group) is 2. The summed E-state index contributed by atoms with van der Waals surface area (Å²) in [5.74, 6) is 0. The summed E-state index contributed by atoms with van der Waals surface area (Å²) in [6, 6.07) is 7.10. The standard InChI is InChI=1S/C18H28N6O2/c1-21-7-11-23(12-8-21)17(25)19-15-3-5-16(6-4-15)20-18(26)24-13-9-22(2)10-14-24/h3-6H,7-14H2,1-2H3,(H,19,25)(H,20,26). The molecular formula is C18H28N6O2. The van der Waals surface area contributed by atoms with Gasteiger partial charge in [0, 0.05) is 63.7 Å². The lowest BCUT2D eigenvalue weighted by Gasteiger charge is -2.32. The summed E-state index contributed by atoms with van der Waals surface area (Å²) in [6.07, 6.45) is 0. The van der Waals surface area contributed by atoms with Crippen LogP contribution in [0.2, 0.25) is 0 Å². The highest BCUT2D eigenvalue weighted by atomic mass is 16.2. The van der Waals surface area contributed by atoms with Crippen LogP contribution in [0.3, 0.4) is 0 Å². The molecule has 0 radical (unpaired) electrons. The Bertz CT molecular complexity index is 564. The third-order valence-electron chi connectivity index (χ3n) is 4.97. The molecule has 2 aliphatic heterocycles. The zero-order valence-corrected chi connectivity index (χ0v) is 15.6. The van der Waals surface area contributed by atoms with Crippen LogP contribution >= 0.6 is 0 Å². The molecule has 2 N–H and O–H groups in total. The molecule has 0 bridgehead atoms. The van der Waals surface area contributed by atoms with Gasteiger partial charge >= 0.3 is 12.1 Å². The fourth-order valence-electron chi connectivity index (χ4n) is 3.06. The van der Waals surface area contributed by atoms with Crippen molar-refractivity contribution in [1.82, 2.24) is 19.6 Å². The number of piperazine rings is 2. The van der Waals surface area contributed by atoms with Crippen LogP contribution in [0.4, 0.5) is 21.0 Å². The van der Waals surface area contributed by atoms with E-state index in [0.29, 0.717) is 0 Å². The Labute approximate surface area is 154 Å². The quantitative estimate of drug-likeness (QED) is 0.833. The average molecular weight is 360 g/mol. The molecule has 0 aromatic heterocycles. The summed E-state index contributed by atoms with van der Waals surface area (Å²) in [5, 5.41) is 5.83. The largest absolute Gasteiger partial charge is 0.322 e. The highest BCUT2D eigenvalue weighted by molar-refractivity contribution is 5.91. The van der Waals surface area contributed by atoms with Gasteiger partial charge in [0.1, 0.15) is 0 Å². The number of nitrogens with one attached hydrogen (secondary N) is 2. The van der Waals surface area contributed by atoms with Crippen molar-refractivity contribution in [2.24, 2.45) is 0 Å². The Morgan fingerprint density at radius 3 is 1.27 bits per heavy atom. The molecule has 4 amide bonds. The van der Waals surface area contributed by atoms with E-state index in [1.165, 1.54) is 0 Å². The Hall–Kier alpha value is -2.32. The van der Waals surface area contributed by atoms with E-state index in [1.807, 2.05) is 34.1 Å². The fraction of sp³-hybridized carbons (Fsp3) is 0.556. The summed E-state index contributed by atoms with van der Waals surface area (Å²) < 4.78 is 0. The van der Waals surface area contributed by atoms with Crippen molar-refractivity contribution in [2.75, 3.05) is 77.1 Å². The van der Waals surface area contributed by atoms with E-state index in [1.54, 1.807) is 0 Å². The molecule has 1 aromatic carbocycles. The molecule has 8 heteroatoms. The second-order valence-corrected chi connectivity index (χ2v) is 7.02. The van der Waals surface area contributed by atoms with Gasteiger partial charge in [-0.05, 0) is 38.4 Å². The minimum Gasteiger partial charge on any atom is -0.322 e. The molecule has 2 aliphatic rings. The normalized spacial score (nSPS) is 19.3. The van der Waals surface area contributed by atoms with Gasteiger partial charge in [-0.2, -0.15) is 0 Å². The van der Waals surface area contributed by atoms with Crippen LogP contribution in [0, 0.1) is 0 Å². The zero-order chi connectivity index (χ0) is 18.5. The molecule has 2 fully saturated rings. The summed E-state index contributed by atoms with van der Waals surface area (Å²) in [7, 11) is 4.12.